The Bertz CT molecular complexity index is 866. The Morgan fingerprint density at radius 1 is 0.962 bits per heavy atom. The lowest BCUT2D eigenvalue weighted by Gasteiger charge is -2.24. The van der Waals surface area contributed by atoms with Crippen molar-refractivity contribution < 1.29 is 0 Å². The molecule has 0 atom stereocenters. The minimum atomic E-state index is 0.783. The van der Waals surface area contributed by atoms with Crippen LogP contribution < -0.4 is 4.90 Å². The van der Waals surface area contributed by atoms with Gasteiger partial charge in [0, 0.05) is 18.8 Å². The lowest BCUT2D eigenvalue weighted by molar-refractivity contribution is 0.413. The van der Waals surface area contributed by atoms with Gasteiger partial charge < -0.3 is 9.80 Å². The first-order valence-corrected chi connectivity index (χ1v) is 9.12. The van der Waals surface area contributed by atoms with E-state index in [2.05, 4.69) is 82.7 Å². The fourth-order valence-electron chi connectivity index (χ4n) is 3.46. The molecule has 0 saturated carbocycles. The van der Waals surface area contributed by atoms with Gasteiger partial charge in [-0.3, -0.25) is 0 Å². The normalized spacial score (nSPS) is 13.4. The predicted octanol–water partition coefficient (Wildman–Crippen LogP) is 2.95. The first kappa shape index (κ1) is 16.8. The maximum absolute atomic E-state index is 4.24. The van der Waals surface area contributed by atoms with Crippen molar-refractivity contribution in [1.29, 1.82) is 0 Å². The molecule has 5 heteroatoms. The smallest absolute Gasteiger partial charge is 0.0784 e. The fourth-order valence-corrected chi connectivity index (χ4v) is 3.46. The Hall–Kier alpha value is -2.66. The predicted molar refractivity (Wildman–Crippen MR) is 104 cm³/mol. The Morgan fingerprint density at radius 3 is 2.54 bits per heavy atom. The summed E-state index contributed by atoms with van der Waals surface area (Å²) in [4.78, 5) is 4.64. The van der Waals surface area contributed by atoms with Crippen LogP contribution in [0.25, 0.3) is 0 Å². The van der Waals surface area contributed by atoms with Gasteiger partial charge in [-0.1, -0.05) is 47.7 Å². The highest BCUT2D eigenvalue weighted by atomic mass is 15.4. The minimum absolute atomic E-state index is 0.783. The molecule has 0 aliphatic carbocycles. The number of rotatable bonds is 5. The van der Waals surface area contributed by atoms with Gasteiger partial charge in [-0.25, -0.2) is 4.68 Å². The summed E-state index contributed by atoms with van der Waals surface area (Å²) < 4.78 is 2.00. The number of anilines is 1. The summed E-state index contributed by atoms with van der Waals surface area (Å²) in [5.41, 5.74) is 6.45. The highest BCUT2D eigenvalue weighted by Crippen LogP contribution is 2.28. The van der Waals surface area contributed by atoms with Crippen LogP contribution in [0.2, 0.25) is 0 Å². The molecular formula is C21H25N5. The third-order valence-electron chi connectivity index (χ3n) is 4.95. The summed E-state index contributed by atoms with van der Waals surface area (Å²) in [5.74, 6) is 0. The van der Waals surface area contributed by atoms with Crippen molar-refractivity contribution in [3.63, 3.8) is 0 Å². The number of nitrogens with zero attached hydrogens (tertiary/aromatic N) is 5. The van der Waals surface area contributed by atoms with Crippen molar-refractivity contribution >= 4 is 5.69 Å². The zero-order valence-electron chi connectivity index (χ0n) is 15.5. The third-order valence-corrected chi connectivity index (χ3v) is 4.95. The molecule has 0 N–H and O–H groups in total. The van der Waals surface area contributed by atoms with Gasteiger partial charge in [0.1, 0.15) is 0 Å². The van der Waals surface area contributed by atoms with Crippen molar-refractivity contribution in [2.24, 2.45) is 0 Å². The molecule has 134 valence electrons. The highest BCUT2D eigenvalue weighted by Gasteiger charge is 2.19. The summed E-state index contributed by atoms with van der Waals surface area (Å²) in [5, 5.41) is 8.33. The fraction of sp³-hybridized carbons (Fsp3) is 0.333. The zero-order valence-corrected chi connectivity index (χ0v) is 15.5. The van der Waals surface area contributed by atoms with Gasteiger partial charge in [0.05, 0.1) is 25.0 Å². The molecule has 0 amide bonds. The number of fused-ring (bicyclic) bond motifs is 2. The average molecular weight is 347 g/mol. The molecule has 26 heavy (non-hydrogen) atoms. The van der Waals surface area contributed by atoms with E-state index >= 15 is 0 Å². The topological polar surface area (TPSA) is 37.2 Å². The molecule has 5 nitrogen and oxygen atoms in total. The summed E-state index contributed by atoms with van der Waals surface area (Å²) in [7, 11) is 4.23. The average Bonchev–Trinajstić information content (AvgIpc) is 3.02. The number of hydrogen-bond acceptors (Lipinski definition) is 4. The summed E-state index contributed by atoms with van der Waals surface area (Å²) in [6, 6.07) is 17.6. The molecule has 0 radical (unpaired) electrons. The molecule has 0 bridgehead atoms. The Labute approximate surface area is 154 Å². The SMILES string of the molecule is CN(C)CCc1ccc(CN2Cc3cnnn3Cc3ccccc32)cc1. The molecule has 0 spiro atoms. The van der Waals surface area contributed by atoms with E-state index in [1.165, 1.54) is 22.4 Å². The molecule has 2 aromatic carbocycles. The number of benzene rings is 2. The summed E-state index contributed by atoms with van der Waals surface area (Å²) >= 11 is 0. The number of para-hydroxylation sites is 1. The van der Waals surface area contributed by atoms with Crippen LogP contribution in [0.3, 0.4) is 0 Å². The largest absolute Gasteiger partial charge is 0.361 e. The molecule has 2 heterocycles. The highest BCUT2D eigenvalue weighted by molar-refractivity contribution is 5.55. The molecule has 0 unspecified atom stereocenters. The summed E-state index contributed by atoms with van der Waals surface area (Å²) in [6.45, 7) is 3.57. The van der Waals surface area contributed by atoms with Gasteiger partial charge in [-0.15, -0.1) is 5.10 Å². The van der Waals surface area contributed by atoms with E-state index in [0.29, 0.717) is 0 Å². The molecule has 4 rings (SSSR count). The van der Waals surface area contributed by atoms with Crippen LogP contribution in [0, 0.1) is 0 Å². The van der Waals surface area contributed by atoms with Crippen LogP contribution in [0.4, 0.5) is 5.69 Å². The third kappa shape index (κ3) is 3.63. The number of likely N-dealkylation sites (N-methyl/N-ethyl adjacent to an activating group) is 1. The quantitative estimate of drug-likeness (QED) is 0.711. The standard InChI is InChI=1S/C21H25N5/c1-24(2)12-11-17-7-9-18(10-8-17)14-25-16-20-13-22-23-26(20)15-19-5-3-4-6-21(19)25/h3-10,13H,11-12,14-16H2,1-2H3. The second-order valence-corrected chi connectivity index (χ2v) is 7.24. The molecule has 1 aromatic heterocycles. The van der Waals surface area contributed by atoms with Gasteiger partial charge in [0.25, 0.3) is 0 Å². The maximum atomic E-state index is 4.24. The van der Waals surface area contributed by atoms with Crippen LogP contribution >= 0.6 is 0 Å². The monoisotopic (exact) mass is 347 g/mol. The zero-order chi connectivity index (χ0) is 17.9. The second-order valence-electron chi connectivity index (χ2n) is 7.24. The Balaban J connectivity index is 1.55. The van der Waals surface area contributed by atoms with Crippen LogP contribution in [0.15, 0.2) is 54.7 Å². The number of hydrogen-bond donors (Lipinski definition) is 0. The van der Waals surface area contributed by atoms with Crippen LogP contribution in [-0.2, 0) is 26.1 Å². The van der Waals surface area contributed by atoms with Crippen molar-refractivity contribution in [1.82, 2.24) is 19.9 Å². The van der Waals surface area contributed by atoms with Crippen molar-refractivity contribution in [2.45, 2.75) is 26.1 Å². The van der Waals surface area contributed by atoms with Crippen LogP contribution in [0.5, 0.6) is 0 Å². The molecule has 0 saturated heterocycles. The van der Waals surface area contributed by atoms with E-state index in [1.807, 2.05) is 10.9 Å². The van der Waals surface area contributed by atoms with Crippen molar-refractivity contribution in [3.05, 3.63) is 77.1 Å². The van der Waals surface area contributed by atoms with Gasteiger partial charge in [0.15, 0.2) is 0 Å². The van der Waals surface area contributed by atoms with Crippen LogP contribution in [0.1, 0.15) is 22.4 Å². The van der Waals surface area contributed by atoms with Gasteiger partial charge in [0.2, 0.25) is 0 Å². The van der Waals surface area contributed by atoms with E-state index in [0.717, 1.165) is 38.3 Å². The van der Waals surface area contributed by atoms with Crippen molar-refractivity contribution in [2.75, 3.05) is 25.5 Å². The molecule has 0 fully saturated rings. The first-order chi connectivity index (χ1) is 12.7. The van der Waals surface area contributed by atoms with Crippen LogP contribution in [-0.4, -0.2) is 40.5 Å². The van der Waals surface area contributed by atoms with Crippen molar-refractivity contribution in [3.8, 4) is 0 Å². The van der Waals surface area contributed by atoms with Gasteiger partial charge >= 0.3 is 0 Å². The summed E-state index contributed by atoms with van der Waals surface area (Å²) in [6.07, 6.45) is 2.97. The lowest BCUT2D eigenvalue weighted by atomic mass is 10.1. The molecular weight excluding hydrogens is 322 g/mol. The van der Waals surface area contributed by atoms with E-state index < -0.39 is 0 Å². The Kier molecular flexibility index (Phi) is 4.71. The van der Waals surface area contributed by atoms with Gasteiger partial charge in [-0.05, 0) is 43.3 Å². The molecule has 1 aliphatic rings. The minimum Gasteiger partial charge on any atom is -0.361 e. The van der Waals surface area contributed by atoms with E-state index in [1.54, 1.807) is 0 Å². The second kappa shape index (κ2) is 7.30. The van der Waals surface area contributed by atoms with Gasteiger partial charge in [-0.2, -0.15) is 0 Å². The molecule has 3 aromatic rings. The lowest BCUT2D eigenvalue weighted by Crippen LogP contribution is -2.22. The van der Waals surface area contributed by atoms with E-state index in [-0.39, 0.29) is 0 Å². The molecule has 1 aliphatic heterocycles. The number of aromatic nitrogens is 3. The van der Waals surface area contributed by atoms with E-state index in [4.69, 9.17) is 0 Å². The van der Waals surface area contributed by atoms with E-state index in [9.17, 15) is 0 Å². The first-order valence-electron chi connectivity index (χ1n) is 9.12. The Morgan fingerprint density at radius 2 is 1.73 bits per heavy atom. The maximum Gasteiger partial charge on any atom is 0.0784 e.